The van der Waals surface area contributed by atoms with Crippen LogP contribution in [0.2, 0.25) is 5.02 Å². The largest absolute Gasteiger partial charge is 0.506 e. The molecule has 7 heteroatoms. The maximum Gasteiger partial charge on any atom is 0.140 e. The summed E-state index contributed by atoms with van der Waals surface area (Å²) in [7, 11) is 0. The van der Waals surface area contributed by atoms with Crippen molar-refractivity contribution >= 4 is 11.6 Å². The third-order valence-corrected chi connectivity index (χ3v) is 2.34. The van der Waals surface area contributed by atoms with Crippen LogP contribution in [0.25, 0.3) is 10.4 Å². The highest BCUT2D eigenvalue weighted by Gasteiger charge is 2.21. The van der Waals surface area contributed by atoms with Gasteiger partial charge in [-0.3, -0.25) is 0 Å². The van der Waals surface area contributed by atoms with E-state index in [1.165, 1.54) is 18.2 Å². The van der Waals surface area contributed by atoms with Gasteiger partial charge in [-0.1, -0.05) is 28.8 Å². The maximum absolute atomic E-state index is 9.67. The Labute approximate surface area is 96.3 Å². The molecule has 0 aliphatic carbocycles. The molecule has 0 radical (unpaired) electrons. The van der Waals surface area contributed by atoms with Gasteiger partial charge in [-0.25, -0.2) is 0 Å². The highest BCUT2D eigenvalue weighted by molar-refractivity contribution is 6.32. The van der Waals surface area contributed by atoms with E-state index in [4.69, 9.17) is 17.1 Å². The number of rotatable bonds is 4. The van der Waals surface area contributed by atoms with Crippen molar-refractivity contribution in [1.82, 2.24) is 0 Å². The Hall–Kier alpha value is -1.46. The Balaban J connectivity index is 2.91. The normalized spacial score (nSPS) is 13.9. The van der Waals surface area contributed by atoms with E-state index in [1.54, 1.807) is 0 Å². The Kier molecular flexibility index (Phi) is 4.39. The fraction of sp³-hybridized carbons (Fsp3) is 0.333. The zero-order valence-electron chi connectivity index (χ0n) is 8.16. The lowest BCUT2D eigenvalue weighted by Crippen LogP contribution is -2.21. The van der Waals surface area contributed by atoms with E-state index in [-0.39, 0.29) is 22.9 Å². The summed E-state index contributed by atoms with van der Waals surface area (Å²) >= 11 is 5.64. The molecule has 2 atom stereocenters. The third kappa shape index (κ3) is 2.77. The summed E-state index contributed by atoms with van der Waals surface area (Å²) in [6, 6.07) is 4.40. The smallest absolute Gasteiger partial charge is 0.140 e. The Morgan fingerprint density at radius 3 is 2.75 bits per heavy atom. The van der Waals surface area contributed by atoms with Crippen molar-refractivity contribution in [1.29, 1.82) is 0 Å². The number of phenols is 1. The van der Waals surface area contributed by atoms with E-state index >= 15 is 0 Å². The molecule has 0 amide bonds. The molecule has 6 nitrogen and oxygen atoms in total. The van der Waals surface area contributed by atoms with E-state index in [0.29, 0.717) is 0 Å². The fourth-order valence-electron chi connectivity index (χ4n) is 1.20. The first-order chi connectivity index (χ1) is 7.57. The van der Waals surface area contributed by atoms with Crippen LogP contribution in [0, 0.1) is 0 Å². The van der Waals surface area contributed by atoms with Gasteiger partial charge in [0.15, 0.2) is 0 Å². The van der Waals surface area contributed by atoms with Crippen molar-refractivity contribution in [3.05, 3.63) is 39.2 Å². The number of halogens is 1. The molecule has 0 saturated heterocycles. The summed E-state index contributed by atoms with van der Waals surface area (Å²) in [6.07, 6.45) is -2.65. The summed E-state index contributed by atoms with van der Waals surface area (Å²) in [5, 5.41) is 31.9. The number of phenolic OH excluding ortho intramolecular Hbond substituents is 1. The average molecular weight is 244 g/mol. The van der Waals surface area contributed by atoms with Crippen LogP contribution in [0.1, 0.15) is 11.7 Å². The second-order valence-electron chi connectivity index (χ2n) is 3.10. The molecule has 1 rings (SSSR count). The first-order valence-electron chi connectivity index (χ1n) is 4.42. The molecule has 3 N–H and O–H groups in total. The highest BCUT2D eigenvalue weighted by atomic mass is 35.5. The van der Waals surface area contributed by atoms with E-state index in [1.807, 2.05) is 0 Å². The lowest BCUT2D eigenvalue weighted by molar-refractivity contribution is 0.0230. The molecule has 0 heterocycles. The van der Waals surface area contributed by atoms with Gasteiger partial charge in [0.2, 0.25) is 0 Å². The molecule has 0 aliphatic heterocycles. The minimum absolute atomic E-state index is 0.0764. The molecule has 0 aliphatic rings. The lowest BCUT2D eigenvalue weighted by atomic mass is 10.0. The number of benzene rings is 1. The molecule has 0 fully saturated rings. The van der Waals surface area contributed by atoms with E-state index in [0.717, 1.165) is 0 Å². The van der Waals surface area contributed by atoms with Crippen molar-refractivity contribution in [2.24, 2.45) is 5.11 Å². The van der Waals surface area contributed by atoms with Gasteiger partial charge in [-0.2, -0.15) is 0 Å². The monoisotopic (exact) mass is 243 g/mol. The standard InChI is InChI=1S/C9H10ClN3O3/c10-6-3-1-2-5(8(6)15)9(16)7(14)4-12-13-11/h1-3,7,9,14-16H,4H2. The van der Waals surface area contributed by atoms with Gasteiger partial charge >= 0.3 is 0 Å². The highest BCUT2D eigenvalue weighted by Crippen LogP contribution is 2.32. The number of hydrogen-bond donors (Lipinski definition) is 3. The molecular weight excluding hydrogens is 234 g/mol. The van der Waals surface area contributed by atoms with E-state index in [2.05, 4.69) is 10.0 Å². The van der Waals surface area contributed by atoms with Crippen LogP contribution in [0.4, 0.5) is 0 Å². The van der Waals surface area contributed by atoms with Crippen LogP contribution in [-0.4, -0.2) is 28.0 Å². The van der Waals surface area contributed by atoms with Gasteiger partial charge in [-0.15, -0.1) is 0 Å². The van der Waals surface area contributed by atoms with Gasteiger partial charge in [0.1, 0.15) is 11.9 Å². The minimum atomic E-state index is -1.36. The Morgan fingerprint density at radius 1 is 1.44 bits per heavy atom. The van der Waals surface area contributed by atoms with Crippen LogP contribution in [0.5, 0.6) is 5.75 Å². The molecule has 16 heavy (non-hydrogen) atoms. The number of azide groups is 1. The second kappa shape index (κ2) is 5.58. The molecule has 86 valence electrons. The molecular formula is C9H10ClN3O3. The number of hydrogen-bond acceptors (Lipinski definition) is 4. The zero-order chi connectivity index (χ0) is 12.1. The van der Waals surface area contributed by atoms with Crippen LogP contribution in [0.3, 0.4) is 0 Å². The molecule has 2 unspecified atom stereocenters. The second-order valence-corrected chi connectivity index (χ2v) is 3.51. The topological polar surface area (TPSA) is 109 Å². The number of aliphatic hydroxyl groups excluding tert-OH is 2. The third-order valence-electron chi connectivity index (χ3n) is 2.03. The first kappa shape index (κ1) is 12.6. The van der Waals surface area contributed by atoms with Crippen LogP contribution in [0.15, 0.2) is 23.3 Å². The van der Waals surface area contributed by atoms with Crippen molar-refractivity contribution in [3.8, 4) is 5.75 Å². The predicted octanol–water partition coefficient (Wildman–Crippen LogP) is 1.75. The summed E-state index contributed by atoms with van der Waals surface area (Å²) in [5.74, 6) is -0.295. The summed E-state index contributed by atoms with van der Waals surface area (Å²) in [4.78, 5) is 2.46. The SMILES string of the molecule is [N-]=[N+]=NCC(O)C(O)c1cccc(Cl)c1O. The zero-order valence-corrected chi connectivity index (χ0v) is 8.91. The lowest BCUT2D eigenvalue weighted by Gasteiger charge is -2.17. The van der Waals surface area contributed by atoms with Gasteiger partial charge in [0.25, 0.3) is 0 Å². The van der Waals surface area contributed by atoms with Crippen LogP contribution >= 0.6 is 11.6 Å². The predicted molar refractivity (Wildman–Crippen MR) is 58.1 cm³/mol. The first-order valence-corrected chi connectivity index (χ1v) is 4.80. The number of aromatic hydroxyl groups is 1. The Morgan fingerprint density at radius 2 is 2.12 bits per heavy atom. The van der Waals surface area contributed by atoms with Crippen LogP contribution in [-0.2, 0) is 0 Å². The number of para-hydroxylation sites is 1. The van der Waals surface area contributed by atoms with Crippen molar-refractivity contribution in [2.75, 3.05) is 6.54 Å². The van der Waals surface area contributed by atoms with Crippen molar-refractivity contribution in [3.63, 3.8) is 0 Å². The quantitative estimate of drug-likeness (QED) is 0.426. The maximum atomic E-state index is 9.67. The number of aliphatic hydroxyl groups is 2. The van der Waals surface area contributed by atoms with E-state index in [9.17, 15) is 15.3 Å². The molecule has 0 spiro atoms. The fourth-order valence-corrected chi connectivity index (χ4v) is 1.38. The van der Waals surface area contributed by atoms with Gasteiger partial charge in [0.05, 0.1) is 17.7 Å². The molecule has 0 aromatic heterocycles. The summed E-state index contributed by atoms with van der Waals surface area (Å²) in [5.41, 5.74) is 8.15. The summed E-state index contributed by atoms with van der Waals surface area (Å²) < 4.78 is 0. The molecule has 1 aromatic rings. The van der Waals surface area contributed by atoms with Gasteiger partial charge < -0.3 is 15.3 Å². The van der Waals surface area contributed by atoms with Gasteiger partial charge in [-0.05, 0) is 11.6 Å². The van der Waals surface area contributed by atoms with Gasteiger partial charge in [0, 0.05) is 10.5 Å². The Bertz CT molecular complexity index is 420. The van der Waals surface area contributed by atoms with Crippen LogP contribution < -0.4 is 0 Å². The minimum Gasteiger partial charge on any atom is -0.506 e. The van der Waals surface area contributed by atoms with Crippen molar-refractivity contribution in [2.45, 2.75) is 12.2 Å². The van der Waals surface area contributed by atoms with Crippen molar-refractivity contribution < 1.29 is 15.3 Å². The average Bonchev–Trinajstić information content (AvgIpc) is 2.28. The van der Waals surface area contributed by atoms with E-state index < -0.39 is 12.2 Å². The molecule has 0 saturated carbocycles. The molecule has 0 bridgehead atoms. The summed E-state index contributed by atoms with van der Waals surface area (Å²) in [6.45, 7) is -0.288. The number of nitrogens with zero attached hydrogens (tertiary/aromatic N) is 3. The molecule has 1 aromatic carbocycles.